The summed E-state index contributed by atoms with van der Waals surface area (Å²) in [6.45, 7) is 9.67. The maximum absolute atomic E-state index is 12.9. The van der Waals surface area contributed by atoms with E-state index in [9.17, 15) is 18.0 Å². The highest BCUT2D eigenvalue weighted by Crippen LogP contribution is 2.35. The first-order chi connectivity index (χ1) is 17.7. The van der Waals surface area contributed by atoms with Gasteiger partial charge in [0.25, 0.3) is 0 Å². The molecule has 202 valence electrons. The Morgan fingerprint density at radius 1 is 1.22 bits per heavy atom. The number of morpholine rings is 1. The number of aryl methyl sites for hydroxylation is 1. The SMILES string of the molecule is C=C(C1CC(c2csc(C3CCN(C(=O)Cn4nc(C(F)(F)F)cc4C)CC3)n2)NO1)N1CCOCC1. The number of likely N-dealkylation sites (tertiary alicyclic amines) is 1. The van der Waals surface area contributed by atoms with E-state index in [1.807, 2.05) is 0 Å². The van der Waals surface area contributed by atoms with Crippen LogP contribution in [-0.4, -0.2) is 76.0 Å². The molecule has 1 N–H and O–H groups in total. The zero-order valence-corrected chi connectivity index (χ0v) is 21.5. The normalized spacial score (nSPS) is 23.6. The number of piperidine rings is 1. The first-order valence-corrected chi connectivity index (χ1v) is 13.3. The van der Waals surface area contributed by atoms with Gasteiger partial charge in [-0.1, -0.05) is 6.58 Å². The predicted octanol–water partition coefficient (Wildman–Crippen LogP) is 3.25. The van der Waals surface area contributed by atoms with Gasteiger partial charge in [0.2, 0.25) is 5.91 Å². The van der Waals surface area contributed by atoms with Gasteiger partial charge in [0.1, 0.15) is 12.6 Å². The Morgan fingerprint density at radius 3 is 2.62 bits per heavy atom. The monoisotopic (exact) mass is 540 g/mol. The summed E-state index contributed by atoms with van der Waals surface area (Å²) in [6, 6.07) is 0.957. The number of hydroxylamine groups is 1. The minimum atomic E-state index is -4.53. The van der Waals surface area contributed by atoms with Gasteiger partial charge in [-0.25, -0.2) is 4.98 Å². The van der Waals surface area contributed by atoms with Crippen molar-refractivity contribution in [2.75, 3.05) is 39.4 Å². The molecule has 2 aromatic rings. The van der Waals surface area contributed by atoms with Crippen molar-refractivity contribution in [3.8, 4) is 0 Å². The summed E-state index contributed by atoms with van der Waals surface area (Å²) in [6.07, 6.45) is -2.35. The number of carbonyl (C=O) groups is 1. The van der Waals surface area contributed by atoms with Crippen molar-refractivity contribution in [2.45, 2.75) is 57.0 Å². The first kappa shape index (κ1) is 26.1. The van der Waals surface area contributed by atoms with Crippen molar-refractivity contribution in [2.24, 2.45) is 0 Å². The number of alkyl halides is 3. The minimum absolute atomic E-state index is 0.00615. The van der Waals surface area contributed by atoms with Crippen molar-refractivity contribution in [3.63, 3.8) is 0 Å². The molecule has 2 atom stereocenters. The molecule has 3 fully saturated rings. The maximum atomic E-state index is 12.9. The molecule has 13 heteroatoms. The number of halogens is 3. The van der Waals surface area contributed by atoms with E-state index in [0.717, 1.165) is 59.5 Å². The quantitative estimate of drug-likeness (QED) is 0.602. The van der Waals surface area contributed by atoms with Gasteiger partial charge in [-0.15, -0.1) is 11.3 Å². The van der Waals surface area contributed by atoms with E-state index in [1.54, 1.807) is 16.2 Å². The fraction of sp³-hybridized carbons (Fsp3) is 0.625. The van der Waals surface area contributed by atoms with Crippen molar-refractivity contribution in [1.82, 2.24) is 30.0 Å². The third-order valence-corrected chi connectivity index (χ3v) is 8.27. The molecule has 5 rings (SSSR count). The molecule has 0 radical (unpaired) electrons. The van der Waals surface area contributed by atoms with Gasteiger partial charge in [0.05, 0.1) is 30.0 Å². The molecule has 0 bridgehead atoms. The third-order valence-electron chi connectivity index (χ3n) is 7.24. The number of aromatic nitrogens is 3. The van der Waals surface area contributed by atoms with Gasteiger partial charge in [-0.2, -0.15) is 23.8 Å². The lowest BCUT2D eigenvalue weighted by molar-refractivity contribution is -0.142. The second kappa shape index (κ2) is 10.7. The van der Waals surface area contributed by atoms with Crippen LogP contribution >= 0.6 is 11.3 Å². The van der Waals surface area contributed by atoms with E-state index in [0.29, 0.717) is 32.0 Å². The standard InChI is InChI=1S/C24H31F3N6O3S/c1-15-11-21(24(25,26)27)29-33(15)13-22(34)32-5-3-17(4-6-32)23-28-19(14-37-23)18-12-20(36-30-18)16(2)31-7-9-35-10-8-31/h11,14,17-18,20,30H,2-10,12-13H2,1H3. The van der Waals surface area contributed by atoms with Crippen LogP contribution in [0.15, 0.2) is 23.7 Å². The number of carbonyl (C=O) groups excluding carboxylic acids is 1. The van der Waals surface area contributed by atoms with E-state index in [2.05, 4.69) is 27.4 Å². The number of nitrogens with zero attached hydrogens (tertiary/aromatic N) is 5. The highest BCUT2D eigenvalue weighted by Gasteiger charge is 2.36. The van der Waals surface area contributed by atoms with Crippen molar-refractivity contribution in [3.05, 3.63) is 45.8 Å². The molecule has 2 aromatic heterocycles. The Morgan fingerprint density at radius 2 is 1.95 bits per heavy atom. The van der Waals surface area contributed by atoms with Crippen LogP contribution in [0.2, 0.25) is 0 Å². The Bertz CT molecular complexity index is 1120. The van der Waals surface area contributed by atoms with Gasteiger partial charge >= 0.3 is 6.18 Å². The van der Waals surface area contributed by atoms with E-state index in [-0.39, 0.29) is 30.5 Å². The Hall–Kier alpha value is -2.48. The second-order valence-corrected chi connectivity index (χ2v) is 10.6. The summed E-state index contributed by atoms with van der Waals surface area (Å²) < 4.78 is 45.3. The summed E-state index contributed by atoms with van der Waals surface area (Å²) in [5, 5.41) is 6.67. The molecule has 3 aliphatic heterocycles. The smallest absolute Gasteiger partial charge is 0.378 e. The topological polar surface area (TPSA) is 84.8 Å². The van der Waals surface area contributed by atoms with Gasteiger partial charge < -0.3 is 14.5 Å². The van der Waals surface area contributed by atoms with Crippen LogP contribution in [0.5, 0.6) is 0 Å². The summed E-state index contributed by atoms with van der Waals surface area (Å²) >= 11 is 1.62. The molecule has 5 heterocycles. The highest BCUT2D eigenvalue weighted by molar-refractivity contribution is 7.09. The molecule has 9 nitrogen and oxygen atoms in total. The molecule has 3 saturated heterocycles. The summed E-state index contributed by atoms with van der Waals surface area (Å²) in [5.41, 5.74) is 4.36. The lowest BCUT2D eigenvalue weighted by Crippen LogP contribution is -2.40. The lowest BCUT2D eigenvalue weighted by atomic mass is 9.97. The van der Waals surface area contributed by atoms with Crippen LogP contribution < -0.4 is 5.48 Å². The molecule has 0 aromatic carbocycles. The molecular formula is C24H31F3N6O3S. The molecule has 3 aliphatic rings. The van der Waals surface area contributed by atoms with Crippen LogP contribution in [-0.2, 0) is 27.1 Å². The number of hydrogen-bond donors (Lipinski definition) is 1. The highest BCUT2D eigenvalue weighted by atomic mass is 32.1. The van der Waals surface area contributed by atoms with E-state index in [1.165, 1.54) is 6.92 Å². The minimum Gasteiger partial charge on any atom is -0.378 e. The largest absolute Gasteiger partial charge is 0.435 e. The Kier molecular flexibility index (Phi) is 7.57. The fourth-order valence-electron chi connectivity index (χ4n) is 4.97. The number of ether oxygens (including phenoxy) is 1. The fourth-order valence-corrected chi connectivity index (χ4v) is 6.02. The maximum Gasteiger partial charge on any atom is 0.435 e. The van der Waals surface area contributed by atoms with Crippen LogP contribution in [0.3, 0.4) is 0 Å². The molecular weight excluding hydrogens is 509 g/mol. The number of rotatable bonds is 6. The van der Waals surface area contributed by atoms with Crippen LogP contribution in [0.4, 0.5) is 13.2 Å². The van der Waals surface area contributed by atoms with Crippen LogP contribution in [0.25, 0.3) is 0 Å². The molecule has 37 heavy (non-hydrogen) atoms. The number of amides is 1. The molecule has 2 unspecified atom stereocenters. The summed E-state index contributed by atoms with van der Waals surface area (Å²) in [7, 11) is 0. The van der Waals surface area contributed by atoms with Gasteiger partial charge in [-0.3, -0.25) is 14.3 Å². The third kappa shape index (κ3) is 5.84. The van der Waals surface area contributed by atoms with E-state index >= 15 is 0 Å². The molecule has 0 spiro atoms. The zero-order valence-electron chi connectivity index (χ0n) is 20.7. The molecule has 0 aliphatic carbocycles. The lowest BCUT2D eigenvalue weighted by Gasteiger charge is -2.32. The Balaban J connectivity index is 1.12. The summed E-state index contributed by atoms with van der Waals surface area (Å²) in [5.74, 6) is 0.0181. The van der Waals surface area contributed by atoms with Crippen LogP contribution in [0.1, 0.15) is 53.3 Å². The predicted molar refractivity (Wildman–Crippen MR) is 130 cm³/mol. The Labute approximate surface area is 217 Å². The van der Waals surface area contributed by atoms with Crippen molar-refractivity contribution >= 4 is 17.2 Å². The molecule has 1 amide bonds. The first-order valence-electron chi connectivity index (χ1n) is 12.5. The van der Waals surface area contributed by atoms with Gasteiger partial charge in [0.15, 0.2) is 5.69 Å². The number of hydrogen-bond acceptors (Lipinski definition) is 8. The average Bonchev–Trinajstić information content (AvgIpc) is 3.64. The second-order valence-electron chi connectivity index (χ2n) is 9.70. The van der Waals surface area contributed by atoms with Gasteiger partial charge in [-0.05, 0) is 25.8 Å². The number of nitrogens with one attached hydrogen (secondary N) is 1. The number of thiazole rings is 1. The van der Waals surface area contributed by atoms with Crippen molar-refractivity contribution in [1.29, 1.82) is 0 Å². The molecule has 0 saturated carbocycles. The average molecular weight is 541 g/mol. The van der Waals surface area contributed by atoms with E-state index < -0.39 is 11.9 Å². The van der Waals surface area contributed by atoms with E-state index in [4.69, 9.17) is 14.6 Å². The van der Waals surface area contributed by atoms with Crippen molar-refractivity contribution < 1.29 is 27.5 Å². The van der Waals surface area contributed by atoms with Gasteiger partial charge in [0, 0.05) is 55.3 Å². The van der Waals surface area contributed by atoms with Crippen LogP contribution in [0, 0.1) is 6.92 Å². The summed E-state index contributed by atoms with van der Waals surface area (Å²) in [4.78, 5) is 27.4. The zero-order chi connectivity index (χ0) is 26.2.